The molecular formula is C13H15N3. The number of aromatic amines is 1. The topological polar surface area (TPSA) is 41.6 Å². The number of nitrogens with zero attached hydrogens (tertiary/aromatic N) is 2. The van der Waals surface area contributed by atoms with Crippen LogP contribution in [0, 0.1) is 0 Å². The Bertz CT molecular complexity index is 455. The third kappa shape index (κ3) is 1.73. The monoisotopic (exact) mass is 213 g/mol. The van der Waals surface area contributed by atoms with Crippen molar-refractivity contribution >= 4 is 0 Å². The average Bonchev–Trinajstić information content (AvgIpc) is 3.01. The summed E-state index contributed by atoms with van der Waals surface area (Å²) in [6.07, 6.45) is 10.8. The smallest absolute Gasteiger partial charge is 0.109 e. The van der Waals surface area contributed by atoms with Crippen LogP contribution in [0.5, 0.6) is 0 Å². The first kappa shape index (κ1) is 9.58. The zero-order chi connectivity index (χ0) is 10.8. The molecule has 1 aliphatic carbocycles. The summed E-state index contributed by atoms with van der Waals surface area (Å²) in [6.45, 7) is 0. The fraction of sp³-hybridized carbons (Fsp3) is 0.385. The molecule has 3 rings (SSSR count). The zero-order valence-corrected chi connectivity index (χ0v) is 9.19. The van der Waals surface area contributed by atoms with E-state index in [9.17, 15) is 0 Å². The Morgan fingerprint density at radius 1 is 1.19 bits per heavy atom. The van der Waals surface area contributed by atoms with Crippen LogP contribution in [0.15, 0.2) is 30.7 Å². The van der Waals surface area contributed by atoms with E-state index in [1.807, 2.05) is 18.5 Å². The molecule has 2 aromatic heterocycles. The highest BCUT2D eigenvalue weighted by atomic mass is 14.9. The van der Waals surface area contributed by atoms with Crippen molar-refractivity contribution in [2.24, 2.45) is 0 Å². The van der Waals surface area contributed by atoms with E-state index in [0.717, 1.165) is 17.1 Å². The molecule has 1 fully saturated rings. The van der Waals surface area contributed by atoms with Gasteiger partial charge in [-0.1, -0.05) is 12.8 Å². The molecule has 16 heavy (non-hydrogen) atoms. The molecule has 0 amide bonds. The van der Waals surface area contributed by atoms with Crippen LogP contribution < -0.4 is 0 Å². The molecule has 0 radical (unpaired) electrons. The second-order valence-electron chi connectivity index (χ2n) is 4.41. The number of aromatic nitrogens is 3. The fourth-order valence-corrected chi connectivity index (χ4v) is 2.41. The standard InChI is InChI=1S/C13H15N3/c1-2-5-10(4-1)13-15-9-12(16-13)11-6-3-7-14-8-11/h3,6-10H,1-2,4-5H2,(H,15,16). The third-order valence-electron chi connectivity index (χ3n) is 3.31. The SMILES string of the molecule is c1cncc(-c2cnc(C3CCCC3)[nH]2)c1. The van der Waals surface area contributed by atoms with Gasteiger partial charge in [-0.2, -0.15) is 0 Å². The highest BCUT2D eigenvalue weighted by Gasteiger charge is 2.19. The molecule has 0 spiro atoms. The molecule has 2 heterocycles. The van der Waals surface area contributed by atoms with Crippen LogP contribution in [0.25, 0.3) is 11.3 Å². The number of hydrogen-bond donors (Lipinski definition) is 1. The van der Waals surface area contributed by atoms with Crippen molar-refractivity contribution in [1.82, 2.24) is 15.0 Å². The summed E-state index contributed by atoms with van der Waals surface area (Å²) in [6, 6.07) is 4.00. The molecule has 0 saturated heterocycles. The summed E-state index contributed by atoms with van der Waals surface area (Å²) in [5, 5.41) is 0. The van der Waals surface area contributed by atoms with Crippen molar-refractivity contribution in [3.63, 3.8) is 0 Å². The largest absolute Gasteiger partial charge is 0.342 e. The molecule has 0 atom stereocenters. The van der Waals surface area contributed by atoms with E-state index in [4.69, 9.17) is 0 Å². The Balaban J connectivity index is 1.87. The van der Waals surface area contributed by atoms with Crippen molar-refractivity contribution in [2.75, 3.05) is 0 Å². The van der Waals surface area contributed by atoms with Gasteiger partial charge in [0, 0.05) is 23.9 Å². The molecule has 3 nitrogen and oxygen atoms in total. The Morgan fingerprint density at radius 2 is 2.06 bits per heavy atom. The number of pyridine rings is 1. The Morgan fingerprint density at radius 3 is 2.81 bits per heavy atom. The van der Waals surface area contributed by atoms with E-state index in [1.54, 1.807) is 6.20 Å². The van der Waals surface area contributed by atoms with Gasteiger partial charge in [0.15, 0.2) is 0 Å². The van der Waals surface area contributed by atoms with Crippen LogP contribution >= 0.6 is 0 Å². The van der Waals surface area contributed by atoms with Crippen LogP contribution in [-0.4, -0.2) is 15.0 Å². The lowest BCUT2D eigenvalue weighted by molar-refractivity contribution is 0.679. The lowest BCUT2D eigenvalue weighted by Gasteiger charge is -2.03. The Hall–Kier alpha value is -1.64. The first-order chi connectivity index (χ1) is 7.93. The minimum atomic E-state index is 0.644. The highest BCUT2D eigenvalue weighted by Crippen LogP contribution is 2.33. The van der Waals surface area contributed by atoms with Crippen LogP contribution in [0.1, 0.15) is 37.4 Å². The summed E-state index contributed by atoms with van der Waals surface area (Å²) in [5.41, 5.74) is 2.19. The molecule has 0 bridgehead atoms. The number of nitrogens with one attached hydrogen (secondary N) is 1. The molecule has 1 saturated carbocycles. The van der Waals surface area contributed by atoms with Crippen LogP contribution in [0.4, 0.5) is 0 Å². The predicted molar refractivity (Wildman–Crippen MR) is 63.0 cm³/mol. The summed E-state index contributed by atoms with van der Waals surface area (Å²) in [4.78, 5) is 12.0. The highest BCUT2D eigenvalue weighted by molar-refractivity contribution is 5.56. The summed E-state index contributed by atoms with van der Waals surface area (Å²) in [5.74, 6) is 1.79. The summed E-state index contributed by atoms with van der Waals surface area (Å²) in [7, 11) is 0. The number of H-pyrrole nitrogens is 1. The Kier molecular flexibility index (Phi) is 2.44. The molecule has 82 valence electrons. The van der Waals surface area contributed by atoms with E-state index in [2.05, 4.69) is 21.0 Å². The van der Waals surface area contributed by atoms with E-state index in [-0.39, 0.29) is 0 Å². The van der Waals surface area contributed by atoms with Gasteiger partial charge in [-0.05, 0) is 25.0 Å². The normalized spacial score (nSPS) is 16.8. The first-order valence-electron chi connectivity index (χ1n) is 5.89. The lowest BCUT2D eigenvalue weighted by Crippen LogP contribution is -1.94. The lowest BCUT2D eigenvalue weighted by atomic mass is 10.1. The van der Waals surface area contributed by atoms with E-state index in [0.29, 0.717) is 5.92 Å². The maximum absolute atomic E-state index is 4.49. The number of imidazole rings is 1. The molecule has 0 unspecified atom stereocenters. The molecule has 1 aliphatic rings. The summed E-state index contributed by atoms with van der Waals surface area (Å²) >= 11 is 0. The van der Waals surface area contributed by atoms with Gasteiger partial charge >= 0.3 is 0 Å². The van der Waals surface area contributed by atoms with Crippen molar-refractivity contribution in [1.29, 1.82) is 0 Å². The molecule has 0 aromatic carbocycles. The van der Waals surface area contributed by atoms with Gasteiger partial charge in [0.1, 0.15) is 5.82 Å². The predicted octanol–water partition coefficient (Wildman–Crippen LogP) is 3.13. The van der Waals surface area contributed by atoms with Crippen molar-refractivity contribution in [3.05, 3.63) is 36.5 Å². The number of hydrogen-bond acceptors (Lipinski definition) is 2. The summed E-state index contributed by atoms with van der Waals surface area (Å²) < 4.78 is 0. The van der Waals surface area contributed by atoms with Gasteiger partial charge in [0.25, 0.3) is 0 Å². The first-order valence-corrected chi connectivity index (χ1v) is 5.89. The van der Waals surface area contributed by atoms with Crippen LogP contribution in [0.3, 0.4) is 0 Å². The minimum Gasteiger partial charge on any atom is -0.342 e. The van der Waals surface area contributed by atoms with Crippen molar-refractivity contribution in [3.8, 4) is 11.3 Å². The Labute approximate surface area is 95.0 Å². The molecule has 1 N–H and O–H groups in total. The van der Waals surface area contributed by atoms with E-state index < -0.39 is 0 Å². The van der Waals surface area contributed by atoms with Gasteiger partial charge in [-0.15, -0.1) is 0 Å². The molecule has 0 aliphatic heterocycles. The quantitative estimate of drug-likeness (QED) is 0.832. The van der Waals surface area contributed by atoms with Gasteiger partial charge < -0.3 is 4.98 Å². The van der Waals surface area contributed by atoms with Gasteiger partial charge in [-0.3, -0.25) is 4.98 Å². The van der Waals surface area contributed by atoms with Gasteiger partial charge in [-0.25, -0.2) is 4.98 Å². The number of rotatable bonds is 2. The van der Waals surface area contributed by atoms with E-state index >= 15 is 0 Å². The minimum absolute atomic E-state index is 0.644. The van der Waals surface area contributed by atoms with Gasteiger partial charge in [0.2, 0.25) is 0 Å². The second-order valence-corrected chi connectivity index (χ2v) is 4.41. The van der Waals surface area contributed by atoms with Crippen molar-refractivity contribution in [2.45, 2.75) is 31.6 Å². The maximum Gasteiger partial charge on any atom is 0.109 e. The van der Waals surface area contributed by atoms with Crippen LogP contribution in [0.2, 0.25) is 0 Å². The fourth-order valence-electron chi connectivity index (χ4n) is 2.41. The maximum atomic E-state index is 4.49. The third-order valence-corrected chi connectivity index (χ3v) is 3.31. The zero-order valence-electron chi connectivity index (χ0n) is 9.19. The van der Waals surface area contributed by atoms with E-state index in [1.165, 1.54) is 25.7 Å². The molecule has 3 heteroatoms. The second kappa shape index (κ2) is 4.08. The van der Waals surface area contributed by atoms with Crippen molar-refractivity contribution < 1.29 is 0 Å². The van der Waals surface area contributed by atoms with Gasteiger partial charge in [0.05, 0.1) is 11.9 Å². The van der Waals surface area contributed by atoms with Crippen LogP contribution in [-0.2, 0) is 0 Å². The average molecular weight is 213 g/mol. The molecule has 2 aromatic rings. The molecular weight excluding hydrogens is 198 g/mol.